The van der Waals surface area contributed by atoms with Crippen LogP contribution in [0.5, 0.6) is 17.2 Å². The lowest BCUT2D eigenvalue weighted by Gasteiger charge is -2.12. The largest absolute Gasteiger partial charge is 0.493 e. The molecule has 2 aromatic rings. The minimum absolute atomic E-state index is 0.103. The number of nitrogens with one attached hydrogen (secondary N) is 1. The van der Waals surface area contributed by atoms with Gasteiger partial charge in [-0.2, -0.15) is 5.10 Å². The van der Waals surface area contributed by atoms with E-state index >= 15 is 0 Å². The molecular weight excluding hydrogens is 356 g/mol. The van der Waals surface area contributed by atoms with E-state index < -0.39 is 0 Å². The second-order valence-electron chi connectivity index (χ2n) is 6.92. The van der Waals surface area contributed by atoms with Crippen LogP contribution in [-0.2, 0) is 4.79 Å². The molecule has 2 aromatic carbocycles. The molecule has 0 saturated heterocycles. The highest BCUT2D eigenvalue weighted by molar-refractivity contribution is 5.83. The number of amides is 1. The molecule has 0 aliphatic rings. The number of benzene rings is 2. The molecule has 28 heavy (non-hydrogen) atoms. The summed E-state index contributed by atoms with van der Waals surface area (Å²) in [6.45, 7) is 8.57. The fourth-order valence-electron chi connectivity index (χ4n) is 2.52. The topological polar surface area (TPSA) is 69.2 Å². The highest BCUT2D eigenvalue weighted by Gasteiger charge is 2.08. The van der Waals surface area contributed by atoms with Crippen LogP contribution in [0.25, 0.3) is 0 Å². The summed E-state index contributed by atoms with van der Waals surface area (Å²) in [6, 6.07) is 11.3. The zero-order valence-corrected chi connectivity index (χ0v) is 17.1. The Morgan fingerprint density at radius 3 is 2.46 bits per heavy atom. The summed E-state index contributed by atoms with van der Waals surface area (Å²) in [7, 11) is 1.59. The van der Waals surface area contributed by atoms with Gasteiger partial charge in [-0.15, -0.1) is 0 Å². The van der Waals surface area contributed by atoms with Gasteiger partial charge in [-0.25, -0.2) is 5.43 Å². The van der Waals surface area contributed by atoms with Crippen LogP contribution in [0.15, 0.2) is 41.5 Å². The summed E-state index contributed by atoms with van der Waals surface area (Å²) in [5.74, 6) is 2.12. The summed E-state index contributed by atoms with van der Waals surface area (Å²) in [5, 5.41) is 3.98. The molecule has 1 N–H and O–H groups in total. The average Bonchev–Trinajstić information content (AvgIpc) is 2.66. The van der Waals surface area contributed by atoms with E-state index in [-0.39, 0.29) is 12.5 Å². The van der Waals surface area contributed by atoms with Gasteiger partial charge in [0.05, 0.1) is 19.9 Å². The van der Waals surface area contributed by atoms with Gasteiger partial charge in [0.15, 0.2) is 18.1 Å². The summed E-state index contributed by atoms with van der Waals surface area (Å²) in [5.41, 5.74) is 5.23. The number of hydrogen-bond donors (Lipinski definition) is 1. The first-order valence-electron chi connectivity index (χ1n) is 9.22. The number of carbonyl (C=O) groups excluding carboxylic acids is 1. The molecule has 0 unspecified atom stereocenters. The lowest BCUT2D eigenvalue weighted by Crippen LogP contribution is -2.25. The molecule has 0 radical (unpaired) electrons. The molecule has 0 atom stereocenters. The first-order valence-corrected chi connectivity index (χ1v) is 9.22. The lowest BCUT2D eigenvalue weighted by molar-refractivity contribution is -0.123. The van der Waals surface area contributed by atoms with E-state index in [0.717, 1.165) is 22.4 Å². The van der Waals surface area contributed by atoms with Crippen LogP contribution in [0.4, 0.5) is 0 Å². The van der Waals surface area contributed by atoms with Gasteiger partial charge in [0.2, 0.25) is 0 Å². The Kier molecular flexibility index (Phi) is 7.87. The van der Waals surface area contributed by atoms with E-state index in [1.165, 1.54) is 0 Å². The minimum atomic E-state index is -0.331. The Balaban J connectivity index is 1.90. The Hall–Kier alpha value is -3.02. The van der Waals surface area contributed by atoms with Gasteiger partial charge in [-0.3, -0.25) is 4.79 Å². The molecule has 0 spiro atoms. The van der Waals surface area contributed by atoms with Crippen LogP contribution in [0.2, 0.25) is 0 Å². The van der Waals surface area contributed by atoms with Gasteiger partial charge in [0.25, 0.3) is 5.91 Å². The number of hydrogen-bond acceptors (Lipinski definition) is 5. The molecular formula is C22H28N2O4. The van der Waals surface area contributed by atoms with E-state index in [0.29, 0.717) is 24.0 Å². The van der Waals surface area contributed by atoms with E-state index in [2.05, 4.69) is 24.4 Å². The molecule has 6 nitrogen and oxygen atoms in total. The quantitative estimate of drug-likeness (QED) is 0.526. The van der Waals surface area contributed by atoms with Crippen LogP contribution >= 0.6 is 0 Å². The monoisotopic (exact) mass is 384 g/mol. The van der Waals surface area contributed by atoms with Gasteiger partial charge in [0, 0.05) is 0 Å². The zero-order chi connectivity index (χ0) is 20.5. The second kappa shape index (κ2) is 10.3. The Morgan fingerprint density at radius 2 is 1.82 bits per heavy atom. The first kappa shape index (κ1) is 21.3. The number of nitrogens with zero attached hydrogens (tertiary/aromatic N) is 1. The van der Waals surface area contributed by atoms with Crippen molar-refractivity contribution in [1.29, 1.82) is 0 Å². The fourth-order valence-corrected chi connectivity index (χ4v) is 2.52. The van der Waals surface area contributed by atoms with Crippen molar-refractivity contribution < 1.29 is 19.0 Å². The number of rotatable bonds is 9. The Morgan fingerprint density at radius 1 is 1.11 bits per heavy atom. The third-order valence-electron chi connectivity index (χ3n) is 3.92. The minimum Gasteiger partial charge on any atom is -0.493 e. The Bertz CT molecular complexity index is 811. The number of para-hydroxylation sites is 1. The molecule has 0 saturated carbocycles. The molecule has 0 aliphatic heterocycles. The highest BCUT2D eigenvalue weighted by atomic mass is 16.5. The van der Waals surface area contributed by atoms with E-state index in [4.69, 9.17) is 14.2 Å². The first-order chi connectivity index (χ1) is 13.4. The van der Waals surface area contributed by atoms with Crippen LogP contribution in [0.1, 0.15) is 30.5 Å². The number of hydrazone groups is 1. The highest BCUT2D eigenvalue weighted by Crippen LogP contribution is 2.28. The number of methoxy groups -OCH3 is 1. The molecule has 2 rings (SSSR count). The van der Waals surface area contributed by atoms with Crippen LogP contribution in [-0.4, -0.2) is 32.4 Å². The predicted octanol–water partition coefficient (Wildman–Crippen LogP) is 3.88. The molecule has 6 heteroatoms. The maximum Gasteiger partial charge on any atom is 0.277 e. The van der Waals surface area contributed by atoms with Gasteiger partial charge < -0.3 is 14.2 Å². The summed E-state index contributed by atoms with van der Waals surface area (Å²) >= 11 is 0. The van der Waals surface area contributed by atoms with Crippen LogP contribution in [0.3, 0.4) is 0 Å². The van der Waals surface area contributed by atoms with Crippen molar-refractivity contribution in [3.63, 3.8) is 0 Å². The third-order valence-corrected chi connectivity index (χ3v) is 3.92. The number of ether oxygens (including phenoxy) is 3. The third kappa shape index (κ3) is 6.30. The number of carbonyl (C=O) groups is 1. The second-order valence-corrected chi connectivity index (χ2v) is 6.92. The average molecular weight is 384 g/mol. The maximum absolute atomic E-state index is 12.0. The van der Waals surface area contributed by atoms with Crippen molar-refractivity contribution >= 4 is 12.1 Å². The lowest BCUT2D eigenvalue weighted by atomic mass is 10.1. The van der Waals surface area contributed by atoms with Crippen molar-refractivity contribution in [3.05, 3.63) is 53.1 Å². The number of aryl methyl sites for hydroxylation is 2. The van der Waals surface area contributed by atoms with Crippen LogP contribution < -0.4 is 19.6 Å². The van der Waals surface area contributed by atoms with Crippen molar-refractivity contribution in [2.45, 2.75) is 27.7 Å². The summed E-state index contributed by atoms with van der Waals surface area (Å²) in [4.78, 5) is 12.0. The van der Waals surface area contributed by atoms with Gasteiger partial charge in [-0.1, -0.05) is 32.0 Å². The normalized spacial score (nSPS) is 10.9. The van der Waals surface area contributed by atoms with Crippen molar-refractivity contribution in [2.24, 2.45) is 11.0 Å². The smallest absolute Gasteiger partial charge is 0.277 e. The molecule has 0 aromatic heterocycles. The van der Waals surface area contributed by atoms with E-state index in [1.807, 2.05) is 44.2 Å². The SMILES string of the molecule is COc1cc(/C=N\NC(=O)COc2c(C)cccc2C)ccc1OCC(C)C. The summed E-state index contributed by atoms with van der Waals surface area (Å²) in [6.07, 6.45) is 1.55. The Labute approximate surface area is 166 Å². The van der Waals surface area contributed by atoms with Crippen LogP contribution in [0, 0.1) is 19.8 Å². The fraction of sp³-hybridized carbons (Fsp3) is 0.364. The maximum atomic E-state index is 12.0. The van der Waals surface area contributed by atoms with Gasteiger partial charge in [-0.05, 0) is 54.7 Å². The van der Waals surface area contributed by atoms with Gasteiger partial charge >= 0.3 is 0 Å². The molecule has 0 fully saturated rings. The zero-order valence-electron chi connectivity index (χ0n) is 17.1. The standard InChI is InChI=1S/C22H28N2O4/c1-15(2)13-27-19-10-9-18(11-20(19)26-5)12-23-24-21(25)14-28-22-16(3)7-6-8-17(22)4/h6-12,15H,13-14H2,1-5H3,(H,24,25)/b23-12-. The molecule has 0 aliphatic carbocycles. The van der Waals surface area contributed by atoms with E-state index in [1.54, 1.807) is 19.4 Å². The molecule has 0 bridgehead atoms. The predicted molar refractivity (Wildman–Crippen MR) is 110 cm³/mol. The van der Waals surface area contributed by atoms with Crippen molar-refractivity contribution in [3.8, 4) is 17.2 Å². The molecule has 150 valence electrons. The van der Waals surface area contributed by atoms with Crippen molar-refractivity contribution in [2.75, 3.05) is 20.3 Å². The molecule has 1 amide bonds. The van der Waals surface area contributed by atoms with E-state index in [9.17, 15) is 4.79 Å². The molecule has 0 heterocycles. The van der Waals surface area contributed by atoms with Crippen molar-refractivity contribution in [1.82, 2.24) is 5.43 Å². The summed E-state index contributed by atoms with van der Waals surface area (Å²) < 4.78 is 16.7. The van der Waals surface area contributed by atoms with Gasteiger partial charge in [0.1, 0.15) is 5.75 Å².